The summed E-state index contributed by atoms with van der Waals surface area (Å²) in [6, 6.07) is 17.0. The number of carbonyl (C=O) groups excluding carboxylic acids is 1. The van der Waals surface area contributed by atoms with Gasteiger partial charge in [-0.25, -0.2) is 0 Å². The van der Waals surface area contributed by atoms with Gasteiger partial charge in [-0.05, 0) is 17.7 Å². The number of ketones is 1. The van der Waals surface area contributed by atoms with E-state index in [2.05, 4.69) is 0 Å². The van der Waals surface area contributed by atoms with Crippen LogP contribution in [0.4, 0.5) is 0 Å². The smallest absolute Gasteiger partial charge is 0.191 e. The lowest BCUT2D eigenvalue weighted by Gasteiger charge is -2.17. The van der Waals surface area contributed by atoms with Crippen molar-refractivity contribution in [3.8, 4) is 5.75 Å². The molecule has 4 heteroatoms. The van der Waals surface area contributed by atoms with E-state index in [1.54, 1.807) is 37.6 Å². The highest BCUT2D eigenvalue weighted by molar-refractivity contribution is 6.06. The molecule has 22 heavy (non-hydrogen) atoms. The number of hydrogen-bond donors (Lipinski definition) is 0. The first-order chi connectivity index (χ1) is 10.7. The van der Waals surface area contributed by atoms with Crippen molar-refractivity contribution in [1.29, 1.82) is 0 Å². The summed E-state index contributed by atoms with van der Waals surface area (Å²) in [6.07, 6.45) is 3.10. The third-order valence-electron chi connectivity index (χ3n) is 3.18. The van der Waals surface area contributed by atoms with Crippen LogP contribution in [-0.4, -0.2) is 25.1 Å². The number of benzene rings is 2. The monoisotopic (exact) mass is 297 g/mol. The molecule has 2 aromatic carbocycles. The fraction of sp³-hybridized carbons (Fsp3) is 0.167. The van der Waals surface area contributed by atoms with Gasteiger partial charge >= 0.3 is 0 Å². The molecule has 0 aliphatic heterocycles. The molecule has 4 nitrogen and oxygen atoms in total. The zero-order valence-corrected chi connectivity index (χ0v) is 12.7. The number of rotatable bonds is 7. The molecule has 0 fully saturated rings. The second-order valence-corrected chi connectivity index (χ2v) is 4.62. The summed E-state index contributed by atoms with van der Waals surface area (Å²) in [5.41, 5.74) is 1.62. The maximum absolute atomic E-state index is 12.2. The van der Waals surface area contributed by atoms with Crippen molar-refractivity contribution >= 4 is 5.78 Å². The summed E-state index contributed by atoms with van der Waals surface area (Å²) in [4.78, 5) is 17.5. The zero-order valence-electron chi connectivity index (χ0n) is 12.7. The Balaban J connectivity index is 2.07. The number of para-hydroxylation sites is 1. The van der Waals surface area contributed by atoms with Gasteiger partial charge < -0.3 is 4.74 Å². The van der Waals surface area contributed by atoms with Crippen LogP contribution in [0.25, 0.3) is 0 Å². The molecule has 0 amide bonds. The number of allylic oxidation sites excluding steroid dienone is 1. The molecule has 0 aromatic heterocycles. The van der Waals surface area contributed by atoms with Crippen molar-refractivity contribution in [3.63, 3.8) is 0 Å². The van der Waals surface area contributed by atoms with Crippen LogP contribution in [0, 0.1) is 0 Å². The first-order valence-electron chi connectivity index (χ1n) is 6.95. The Morgan fingerprint density at radius 3 is 2.41 bits per heavy atom. The van der Waals surface area contributed by atoms with Crippen molar-refractivity contribution in [2.75, 3.05) is 14.2 Å². The average Bonchev–Trinajstić information content (AvgIpc) is 2.59. The summed E-state index contributed by atoms with van der Waals surface area (Å²) >= 11 is 0. The lowest BCUT2D eigenvalue weighted by Crippen LogP contribution is -2.15. The highest BCUT2D eigenvalue weighted by atomic mass is 16.7. The predicted octanol–water partition coefficient (Wildman–Crippen LogP) is 3.46. The molecule has 0 atom stereocenters. The maximum Gasteiger partial charge on any atom is 0.191 e. The summed E-state index contributed by atoms with van der Waals surface area (Å²) < 4.78 is 5.20. The fourth-order valence-corrected chi connectivity index (χ4v) is 2.03. The number of hydrogen-bond acceptors (Lipinski definition) is 4. The summed E-state index contributed by atoms with van der Waals surface area (Å²) in [5, 5.41) is 1.60. The van der Waals surface area contributed by atoms with E-state index in [4.69, 9.17) is 9.57 Å². The van der Waals surface area contributed by atoms with Gasteiger partial charge in [-0.1, -0.05) is 42.5 Å². The second kappa shape index (κ2) is 8.00. The number of carbonyl (C=O) groups is 1. The quantitative estimate of drug-likeness (QED) is 0.446. The molecule has 0 aliphatic rings. The first kappa shape index (κ1) is 15.8. The summed E-state index contributed by atoms with van der Waals surface area (Å²) in [5.74, 6) is 0.428. The minimum Gasteiger partial charge on any atom is -0.496 e. The molecular formula is C18H19NO3. The fourth-order valence-electron chi connectivity index (χ4n) is 2.03. The van der Waals surface area contributed by atoms with Gasteiger partial charge in [0.1, 0.15) is 5.75 Å². The van der Waals surface area contributed by atoms with E-state index < -0.39 is 0 Å². The van der Waals surface area contributed by atoms with Crippen molar-refractivity contribution in [2.24, 2.45) is 0 Å². The Morgan fingerprint density at radius 2 is 1.73 bits per heavy atom. The SMILES string of the molecule is COc1ccccc1C(=O)/C=C\N(Cc1ccccc1)OC. The minimum absolute atomic E-state index is 0.132. The summed E-state index contributed by atoms with van der Waals surface area (Å²) in [7, 11) is 3.12. The van der Waals surface area contributed by atoms with E-state index in [9.17, 15) is 4.79 Å². The van der Waals surface area contributed by atoms with Crippen molar-refractivity contribution in [1.82, 2.24) is 5.06 Å². The number of ether oxygens (including phenoxy) is 1. The second-order valence-electron chi connectivity index (χ2n) is 4.62. The van der Waals surface area contributed by atoms with E-state index in [0.29, 0.717) is 17.9 Å². The van der Waals surface area contributed by atoms with Gasteiger partial charge in [0.15, 0.2) is 5.78 Å². The average molecular weight is 297 g/mol. The van der Waals surface area contributed by atoms with Gasteiger partial charge in [0.05, 0.1) is 26.3 Å². The van der Waals surface area contributed by atoms with Gasteiger partial charge in [-0.3, -0.25) is 14.7 Å². The molecule has 2 rings (SSSR count). The molecule has 0 heterocycles. The van der Waals surface area contributed by atoms with Crippen molar-refractivity contribution in [2.45, 2.75) is 6.54 Å². The molecule has 0 radical (unpaired) electrons. The van der Waals surface area contributed by atoms with E-state index in [-0.39, 0.29) is 5.78 Å². The molecule has 2 aromatic rings. The Kier molecular flexibility index (Phi) is 5.74. The van der Waals surface area contributed by atoms with Crippen LogP contribution in [0.1, 0.15) is 15.9 Å². The largest absolute Gasteiger partial charge is 0.496 e. The number of methoxy groups -OCH3 is 1. The van der Waals surface area contributed by atoms with Gasteiger partial charge in [0.25, 0.3) is 0 Å². The van der Waals surface area contributed by atoms with E-state index in [1.807, 2.05) is 42.5 Å². The van der Waals surface area contributed by atoms with Gasteiger partial charge in [0, 0.05) is 12.3 Å². The molecule has 0 saturated carbocycles. The van der Waals surface area contributed by atoms with Crippen LogP contribution < -0.4 is 4.74 Å². The van der Waals surface area contributed by atoms with Crippen molar-refractivity contribution in [3.05, 3.63) is 78.0 Å². The van der Waals surface area contributed by atoms with Crippen LogP contribution in [-0.2, 0) is 11.4 Å². The first-order valence-corrected chi connectivity index (χ1v) is 6.95. The van der Waals surface area contributed by atoms with Crippen LogP contribution in [0.3, 0.4) is 0 Å². The van der Waals surface area contributed by atoms with Gasteiger partial charge in [-0.2, -0.15) is 0 Å². The Bertz CT molecular complexity index is 638. The Morgan fingerprint density at radius 1 is 1.05 bits per heavy atom. The molecule has 114 valence electrons. The molecule has 0 saturated heterocycles. The van der Waals surface area contributed by atoms with E-state index >= 15 is 0 Å². The Hall–Kier alpha value is -2.59. The molecule has 0 spiro atoms. The lowest BCUT2D eigenvalue weighted by molar-refractivity contribution is -0.0950. The normalized spacial score (nSPS) is 10.6. The van der Waals surface area contributed by atoms with E-state index in [1.165, 1.54) is 6.08 Å². The lowest BCUT2D eigenvalue weighted by atomic mass is 10.1. The standard InChI is InChI=1S/C18H19NO3/c1-21-18-11-7-6-10-16(18)17(20)12-13-19(22-2)14-15-8-4-3-5-9-15/h3-13H,14H2,1-2H3/b13-12-. The molecular weight excluding hydrogens is 278 g/mol. The third kappa shape index (κ3) is 4.20. The molecule has 0 bridgehead atoms. The number of hydroxylamine groups is 2. The number of nitrogens with zero attached hydrogens (tertiary/aromatic N) is 1. The minimum atomic E-state index is -0.132. The molecule has 0 aliphatic carbocycles. The predicted molar refractivity (Wildman–Crippen MR) is 85.5 cm³/mol. The maximum atomic E-state index is 12.2. The van der Waals surface area contributed by atoms with Gasteiger partial charge in [-0.15, -0.1) is 0 Å². The van der Waals surface area contributed by atoms with Crippen molar-refractivity contribution < 1.29 is 14.4 Å². The Labute approximate surface area is 130 Å². The molecule has 0 N–H and O–H groups in total. The highest BCUT2D eigenvalue weighted by Gasteiger charge is 2.09. The third-order valence-corrected chi connectivity index (χ3v) is 3.18. The summed E-state index contributed by atoms with van der Waals surface area (Å²) in [6.45, 7) is 0.563. The zero-order chi connectivity index (χ0) is 15.8. The van der Waals surface area contributed by atoms with Crippen LogP contribution >= 0.6 is 0 Å². The van der Waals surface area contributed by atoms with Crippen LogP contribution in [0.15, 0.2) is 66.9 Å². The molecule has 0 unspecified atom stereocenters. The highest BCUT2D eigenvalue weighted by Crippen LogP contribution is 2.18. The van der Waals surface area contributed by atoms with Crippen LogP contribution in [0.2, 0.25) is 0 Å². The topological polar surface area (TPSA) is 38.8 Å². The van der Waals surface area contributed by atoms with E-state index in [0.717, 1.165) is 5.56 Å². The van der Waals surface area contributed by atoms with Crippen LogP contribution in [0.5, 0.6) is 5.75 Å². The van der Waals surface area contributed by atoms with Gasteiger partial charge in [0.2, 0.25) is 0 Å².